The number of hydrogen-bond acceptors (Lipinski definition) is 5. The first-order valence-electron chi connectivity index (χ1n) is 6.99. The van der Waals surface area contributed by atoms with Crippen LogP contribution in [0.5, 0.6) is 0 Å². The first kappa shape index (κ1) is 15.2. The van der Waals surface area contributed by atoms with Crippen LogP contribution in [0.4, 0.5) is 0 Å². The van der Waals surface area contributed by atoms with Gasteiger partial charge in [0.25, 0.3) is 0 Å². The fraction of sp³-hybridized carbons (Fsp3) is 0.438. The zero-order chi connectivity index (χ0) is 15.5. The minimum Gasteiger partial charge on any atom is -0.377 e. The van der Waals surface area contributed by atoms with Gasteiger partial charge in [-0.1, -0.05) is 54.5 Å². The van der Waals surface area contributed by atoms with Crippen molar-refractivity contribution in [2.45, 2.75) is 39.7 Å². The summed E-state index contributed by atoms with van der Waals surface area (Å²) in [4.78, 5) is 22.4. The molecule has 1 aromatic carbocycles. The van der Waals surface area contributed by atoms with Crippen molar-refractivity contribution in [3.05, 3.63) is 35.9 Å². The fourth-order valence-electron chi connectivity index (χ4n) is 1.93. The monoisotopic (exact) mass is 288 g/mol. The largest absolute Gasteiger partial charge is 0.381 e. The molecule has 1 unspecified atom stereocenters. The summed E-state index contributed by atoms with van der Waals surface area (Å²) in [5.74, 6) is -0.286. The van der Waals surface area contributed by atoms with Crippen molar-refractivity contribution in [2.24, 2.45) is 16.2 Å². The molecular formula is C16H20N2O3. The lowest BCUT2D eigenvalue weighted by molar-refractivity contribution is -0.167. The Bertz CT molecular complexity index is 578. The van der Waals surface area contributed by atoms with Gasteiger partial charge in [0.2, 0.25) is 5.60 Å². The molecule has 112 valence electrons. The predicted octanol–water partition coefficient (Wildman–Crippen LogP) is 3.14. The van der Waals surface area contributed by atoms with Crippen LogP contribution in [-0.2, 0) is 14.5 Å². The Hall–Kier alpha value is -2.17. The van der Waals surface area contributed by atoms with E-state index in [0.717, 1.165) is 11.3 Å². The molecule has 0 radical (unpaired) electrons. The van der Waals surface area contributed by atoms with Gasteiger partial charge in [0.1, 0.15) is 0 Å². The maximum atomic E-state index is 12.1. The van der Waals surface area contributed by atoms with Gasteiger partial charge in [0.15, 0.2) is 0 Å². The average molecular weight is 288 g/mol. The molecule has 0 amide bonds. The summed E-state index contributed by atoms with van der Waals surface area (Å²) in [5.41, 5.74) is 1.32. The van der Waals surface area contributed by atoms with Gasteiger partial charge in [-0.25, -0.2) is 4.79 Å². The fourth-order valence-corrected chi connectivity index (χ4v) is 1.93. The molecule has 0 aliphatic carbocycles. The second-order valence-electron chi connectivity index (χ2n) is 5.66. The highest BCUT2D eigenvalue weighted by molar-refractivity contribution is 5.99. The summed E-state index contributed by atoms with van der Waals surface area (Å²) in [6.07, 6.45) is 0.434. The van der Waals surface area contributed by atoms with Crippen molar-refractivity contribution in [1.82, 2.24) is 0 Å². The minimum atomic E-state index is -1.08. The lowest BCUT2D eigenvalue weighted by Gasteiger charge is -2.17. The number of carbonyl (C=O) groups excluding carboxylic acids is 1. The van der Waals surface area contributed by atoms with Crippen molar-refractivity contribution in [3.8, 4) is 0 Å². The van der Waals surface area contributed by atoms with Crippen LogP contribution in [0, 0.1) is 5.92 Å². The number of nitrogens with zero attached hydrogens (tertiary/aromatic N) is 2. The molecule has 1 aliphatic heterocycles. The molecule has 0 N–H and O–H groups in total. The van der Waals surface area contributed by atoms with E-state index >= 15 is 0 Å². The number of carbonyl (C=O) groups is 1. The molecule has 5 heteroatoms. The molecule has 2 rings (SSSR count). The van der Waals surface area contributed by atoms with E-state index in [1.807, 2.05) is 44.2 Å². The van der Waals surface area contributed by atoms with E-state index in [1.54, 1.807) is 13.8 Å². The maximum Gasteiger partial charge on any atom is 0.381 e. The SMILES string of the molecule is C/C(=N\OC(=O)C1(C)CC(C(C)C)=NO1)c1ccccc1. The third-order valence-electron chi connectivity index (χ3n) is 3.44. The van der Waals surface area contributed by atoms with Crippen molar-refractivity contribution >= 4 is 17.4 Å². The standard InChI is InChI=1S/C16H20N2O3/c1-11(2)14-10-16(4,21-18-14)15(19)20-17-12(3)13-8-6-5-7-9-13/h5-9,11H,10H2,1-4H3/b17-12+. The second kappa shape index (κ2) is 6.08. The van der Waals surface area contributed by atoms with Gasteiger partial charge in [-0.15, -0.1) is 0 Å². The molecule has 5 nitrogen and oxygen atoms in total. The zero-order valence-electron chi connectivity index (χ0n) is 12.8. The minimum absolute atomic E-state index is 0.245. The molecule has 21 heavy (non-hydrogen) atoms. The summed E-state index contributed by atoms with van der Waals surface area (Å²) < 4.78 is 0. The molecule has 0 saturated carbocycles. The highest BCUT2D eigenvalue weighted by Crippen LogP contribution is 2.27. The molecule has 1 heterocycles. The summed E-state index contributed by atoms with van der Waals surface area (Å²) in [6.45, 7) is 7.48. The van der Waals surface area contributed by atoms with E-state index in [9.17, 15) is 4.79 Å². The van der Waals surface area contributed by atoms with E-state index in [4.69, 9.17) is 9.68 Å². The quantitative estimate of drug-likeness (QED) is 0.486. The second-order valence-corrected chi connectivity index (χ2v) is 5.66. The van der Waals surface area contributed by atoms with E-state index < -0.39 is 11.6 Å². The van der Waals surface area contributed by atoms with Crippen LogP contribution in [0.25, 0.3) is 0 Å². The normalized spacial score (nSPS) is 22.0. The van der Waals surface area contributed by atoms with Crippen molar-refractivity contribution in [2.75, 3.05) is 0 Å². The first-order chi connectivity index (χ1) is 9.92. The van der Waals surface area contributed by atoms with Crippen LogP contribution in [0.2, 0.25) is 0 Å². The summed E-state index contributed by atoms with van der Waals surface area (Å²) in [7, 11) is 0. The summed E-state index contributed by atoms with van der Waals surface area (Å²) in [5, 5.41) is 7.85. The van der Waals surface area contributed by atoms with Crippen molar-refractivity contribution < 1.29 is 14.5 Å². The topological polar surface area (TPSA) is 60.2 Å². The van der Waals surface area contributed by atoms with Crippen LogP contribution in [0.15, 0.2) is 40.6 Å². The van der Waals surface area contributed by atoms with Crippen molar-refractivity contribution in [3.63, 3.8) is 0 Å². The van der Waals surface area contributed by atoms with Crippen LogP contribution < -0.4 is 0 Å². The lowest BCUT2D eigenvalue weighted by atomic mass is 9.94. The Kier molecular flexibility index (Phi) is 4.40. The molecular weight excluding hydrogens is 268 g/mol. The molecule has 0 bridgehead atoms. The van der Waals surface area contributed by atoms with Crippen LogP contribution >= 0.6 is 0 Å². The van der Waals surface area contributed by atoms with Gasteiger partial charge in [-0.3, -0.25) is 0 Å². The number of rotatable bonds is 4. The molecule has 0 saturated heterocycles. The molecule has 0 spiro atoms. The number of benzene rings is 1. The Labute approximate surface area is 124 Å². The average Bonchev–Trinajstić information content (AvgIpc) is 2.89. The zero-order valence-corrected chi connectivity index (χ0v) is 12.8. The Morgan fingerprint density at radius 3 is 2.62 bits per heavy atom. The van der Waals surface area contributed by atoms with Crippen molar-refractivity contribution in [1.29, 1.82) is 0 Å². The van der Waals surface area contributed by atoms with Gasteiger partial charge in [-0.05, 0) is 25.3 Å². The Morgan fingerprint density at radius 1 is 1.38 bits per heavy atom. The third-order valence-corrected chi connectivity index (χ3v) is 3.44. The Balaban J connectivity index is 2.00. The van der Waals surface area contributed by atoms with Gasteiger partial charge < -0.3 is 9.68 Å². The smallest absolute Gasteiger partial charge is 0.377 e. The molecule has 0 aromatic heterocycles. The van der Waals surface area contributed by atoms with Crippen LogP contribution in [0.1, 0.15) is 39.7 Å². The van der Waals surface area contributed by atoms with Gasteiger partial charge >= 0.3 is 5.97 Å². The van der Waals surface area contributed by atoms with E-state index in [1.165, 1.54) is 0 Å². The van der Waals surface area contributed by atoms with E-state index in [2.05, 4.69) is 10.3 Å². The third kappa shape index (κ3) is 3.48. The van der Waals surface area contributed by atoms with E-state index in [-0.39, 0.29) is 5.92 Å². The van der Waals surface area contributed by atoms with Gasteiger partial charge in [0.05, 0.1) is 11.4 Å². The Morgan fingerprint density at radius 2 is 2.05 bits per heavy atom. The highest BCUT2D eigenvalue weighted by atomic mass is 16.7. The molecule has 1 aromatic rings. The number of oxime groups is 2. The first-order valence-corrected chi connectivity index (χ1v) is 6.99. The van der Waals surface area contributed by atoms with Gasteiger partial charge in [0, 0.05) is 6.42 Å². The van der Waals surface area contributed by atoms with Gasteiger partial charge in [-0.2, -0.15) is 0 Å². The highest BCUT2D eigenvalue weighted by Gasteiger charge is 2.44. The van der Waals surface area contributed by atoms with Crippen LogP contribution in [0.3, 0.4) is 0 Å². The molecule has 0 fully saturated rings. The summed E-state index contributed by atoms with van der Waals surface area (Å²) in [6, 6.07) is 9.53. The summed E-state index contributed by atoms with van der Waals surface area (Å²) >= 11 is 0. The van der Waals surface area contributed by atoms with Crippen LogP contribution in [-0.4, -0.2) is 23.0 Å². The lowest BCUT2D eigenvalue weighted by Crippen LogP contribution is -2.36. The molecule has 1 aliphatic rings. The van der Waals surface area contributed by atoms with E-state index in [0.29, 0.717) is 12.1 Å². The maximum absolute atomic E-state index is 12.1. The number of hydrogen-bond donors (Lipinski definition) is 0. The molecule has 1 atom stereocenters. The predicted molar refractivity (Wildman–Crippen MR) is 81.1 cm³/mol.